The topological polar surface area (TPSA) is 44.1 Å². The molecule has 0 saturated heterocycles. The van der Waals surface area contributed by atoms with Gasteiger partial charge in [0.2, 0.25) is 0 Å². The average Bonchev–Trinajstić information content (AvgIpc) is 2.61. The number of rotatable bonds is 5. The predicted octanol–water partition coefficient (Wildman–Crippen LogP) is 5.06. The van der Waals surface area contributed by atoms with Gasteiger partial charge in [-0.25, -0.2) is 4.68 Å². The Morgan fingerprint density at radius 1 is 1.18 bits per heavy atom. The fourth-order valence-corrected chi connectivity index (χ4v) is 2.59. The summed E-state index contributed by atoms with van der Waals surface area (Å²) in [5.41, 5.74) is 2.90. The minimum atomic E-state index is -0.436. The summed E-state index contributed by atoms with van der Waals surface area (Å²) in [5.74, 6) is 3.33. The molecule has 5 heteroatoms. The van der Waals surface area contributed by atoms with Crippen molar-refractivity contribution in [2.45, 2.75) is 61.1 Å². The van der Waals surface area contributed by atoms with Gasteiger partial charge in [-0.2, -0.15) is 5.10 Å². The van der Waals surface area contributed by atoms with Gasteiger partial charge in [-0.1, -0.05) is 57.9 Å². The van der Waals surface area contributed by atoms with Gasteiger partial charge in [0.05, 0.1) is 5.56 Å². The number of ether oxygens (including phenoxy) is 1. The summed E-state index contributed by atoms with van der Waals surface area (Å²) >= 11 is 0. The van der Waals surface area contributed by atoms with Crippen LogP contribution in [0, 0.1) is 39.5 Å². The van der Waals surface area contributed by atoms with Crippen LogP contribution in [-0.2, 0) is 39.3 Å². The van der Waals surface area contributed by atoms with Crippen LogP contribution in [0.3, 0.4) is 0 Å². The molecule has 2 rings (SSSR count). The minimum absolute atomic E-state index is 0. The Morgan fingerprint density at radius 2 is 1.75 bits per heavy atom. The Morgan fingerprint density at radius 3 is 2.25 bits per heavy atom. The fraction of sp³-hybridized carbons (Fsp3) is 0.435. The van der Waals surface area contributed by atoms with Crippen molar-refractivity contribution in [3.05, 3.63) is 53.3 Å². The average molecular weight is 458 g/mol. The number of hydrogen-bond donors (Lipinski definition) is 0. The van der Waals surface area contributed by atoms with Gasteiger partial charge in [0, 0.05) is 39.3 Å². The smallest absolute Gasteiger partial charge is 0.278 e. The number of aryl methyl sites for hydroxylation is 2. The number of hydrogen-bond acceptors (Lipinski definition) is 3. The first-order chi connectivity index (χ1) is 12.3. The first-order valence-corrected chi connectivity index (χ1v) is 9.15. The predicted molar refractivity (Wildman–Crippen MR) is 115 cm³/mol. The third-order valence-electron chi connectivity index (χ3n) is 3.76. The van der Waals surface area contributed by atoms with Crippen LogP contribution < -0.4 is 10.3 Å². The second-order valence-corrected chi connectivity index (χ2v) is 6.41. The van der Waals surface area contributed by atoms with Crippen molar-refractivity contribution in [3.8, 4) is 29.2 Å². The number of nitrogens with zero attached hydrogens (tertiary/aromatic N) is 2. The molecule has 0 saturated carbocycles. The number of benzene rings is 1. The van der Waals surface area contributed by atoms with Crippen molar-refractivity contribution in [2.24, 2.45) is 5.92 Å². The first kappa shape index (κ1) is 28.8. The van der Waals surface area contributed by atoms with Gasteiger partial charge >= 0.3 is 0 Å². The Hall–Kier alpha value is -1.44. The zero-order chi connectivity index (χ0) is 19.9. The molecule has 1 radical (unpaired) electrons. The molecule has 1 unspecified atom stereocenters. The second kappa shape index (κ2) is 13.7. The van der Waals surface area contributed by atoms with E-state index >= 15 is 0 Å². The summed E-state index contributed by atoms with van der Waals surface area (Å²) < 4.78 is 7.39. The molecule has 151 valence electrons. The monoisotopic (exact) mass is 458 g/mol. The minimum Gasteiger partial charge on any atom is -0.475 e. The maximum Gasteiger partial charge on any atom is 0.278 e. The third-order valence-corrected chi connectivity index (χ3v) is 3.76. The SMILES string of the molecule is C#CC(C)Oc1c(C)nn(CC(C)C)c(=O)c1-c1ccccc1C.CC.[CH3-].[Y]. The Labute approximate surface area is 196 Å². The van der Waals surface area contributed by atoms with Crippen LogP contribution >= 0.6 is 0 Å². The molecule has 0 aliphatic heterocycles. The van der Waals surface area contributed by atoms with E-state index in [2.05, 4.69) is 24.9 Å². The molecule has 1 atom stereocenters. The van der Waals surface area contributed by atoms with Crippen molar-refractivity contribution >= 4 is 0 Å². The van der Waals surface area contributed by atoms with Crippen LogP contribution in [0.15, 0.2) is 29.1 Å². The van der Waals surface area contributed by atoms with Gasteiger partial charge in [0.25, 0.3) is 5.56 Å². The molecule has 0 bridgehead atoms. The van der Waals surface area contributed by atoms with E-state index in [4.69, 9.17) is 11.2 Å². The molecule has 0 spiro atoms. The normalized spacial score (nSPS) is 10.5. The quantitative estimate of drug-likeness (QED) is 0.465. The maximum absolute atomic E-state index is 13.1. The fourth-order valence-electron chi connectivity index (χ4n) is 2.59. The molecule has 0 aliphatic carbocycles. The molecule has 1 aromatic heterocycles. The van der Waals surface area contributed by atoms with Gasteiger partial charge in [0.1, 0.15) is 5.69 Å². The van der Waals surface area contributed by atoms with Gasteiger partial charge in [0.15, 0.2) is 11.9 Å². The maximum atomic E-state index is 13.1. The van der Waals surface area contributed by atoms with E-state index in [-0.39, 0.29) is 45.7 Å². The van der Waals surface area contributed by atoms with Gasteiger partial charge < -0.3 is 12.2 Å². The zero-order valence-electron chi connectivity index (χ0n) is 18.5. The van der Waals surface area contributed by atoms with Crippen LogP contribution in [0.25, 0.3) is 11.1 Å². The Balaban J connectivity index is 0. The van der Waals surface area contributed by atoms with Gasteiger partial charge in [-0.05, 0) is 37.8 Å². The van der Waals surface area contributed by atoms with Crippen LogP contribution in [0.1, 0.15) is 45.9 Å². The van der Waals surface area contributed by atoms with Gasteiger partial charge in [-0.15, -0.1) is 6.42 Å². The van der Waals surface area contributed by atoms with E-state index in [1.807, 2.05) is 52.0 Å². The largest absolute Gasteiger partial charge is 0.475 e. The molecule has 2 aromatic rings. The molecule has 0 N–H and O–H groups in total. The van der Waals surface area contributed by atoms with Crippen LogP contribution in [0.4, 0.5) is 0 Å². The van der Waals surface area contributed by atoms with Crippen molar-refractivity contribution in [1.82, 2.24) is 9.78 Å². The van der Waals surface area contributed by atoms with E-state index in [9.17, 15) is 4.79 Å². The Kier molecular flexibility index (Phi) is 14.1. The molecule has 0 fully saturated rings. The summed E-state index contributed by atoms with van der Waals surface area (Å²) in [6, 6.07) is 7.77. The van der Waals surface area contributed by atoms with Crippen molar-refractivity contribution < 1.29 is 37.4 Å². The summed E-state index contributed by atoms with van der Waals surface area (Å²) in [6.45, 7) is 14.3. The zero-order valence-corrected chi connectivity index (χ0v) is 21.4. The van der Waals surface area contributed by atoms with E-state index in [1.54, 1.807) is 6.92 Å². The standard InChI is InChI=1S/C20H24N2O2.C2H6.CH3.Y/c1-7-15(5)24-19-16(6)21-22(12-13(2)3)20(23)18(19)17-11-9-8-10-14(17)4;1-2;;/h1,8-11,13,15H,12H2,2-6H3;1-2H3;1H3;/q;;-1;. The summed E-state index contributed by atoms with van der Waals surface area (Å²) in [7, 11) is 0. The molecule has 1 aromatic carbocycles. The van der Waals surface area contributed by atoms with Crippen LogP contribution in [0.2, 0.25) is 0 Å². The molecule has 28 heavy (non-hydrogen) atoms. The third kappa shape index (κ3) is 7.19. The molecule has 4 nitrogen and oxygen atoms in total. The molecule has 1 heterocycles. The Bertz CT molecular complexity index is 835. The van der Waals surface area contributed by atoms with Crippen LogP contribution in [0.5, 0.6) is 5.75 Å². The van der Waals surface area contributed by atoms with Crippen molar-refractivity contribution in [1.29, 1.82) is 0 Å². The summed E-state index contributed by atoms with van der Waals surface area (Å²) in [5, 5.41) is 4.43. The number of terminal acetylenes is 1. The summed E-state index contributed by atoms with van der Waals surface area (Å²) in [4.78, 5) is 13.1. The summed E-state index contributed by atoms with van der Waals surface area (Å²) in [6.07, 6.45) is 5.01. The molecular weight excluding hydrogens is 425 g/mol. The van der Waals surface area contributed by atoms with Crippen molar-refractivity contribution in [2.75, 3.05) is 0 Å². The van der Waals surface area contributed by atoms with E-state index in [0.717, 1.165) is 11.1 Å². The van der Waals surface area contributed by atoms with E-state index in [1.165, 1.54) is 4.68 Å². The molecular formula is C23H33N2O2Y-. The molecule has 0 amide bonds. The molecule has 0 aliphatic rings. The van der Waals surface area contributed by atoms with E-state index < -0.39 is 6.10 Å². The number of aromatic nitrogens is 2. The van der Waals surface area contributed by atoms with Gasteiger partial charge in [-0.3, -0.25) is 4.79 Å². The first-order valence-electron chi connectivity index (χ1n) is 9.15. The van der Waals surface area contributed by atoms with Crippen molar-refractivity contribution in [3.63, 3.8) is 0 Å². The second-order valence-electron chi connectivity index (χ2n) is 6.41. The van der Waals surface area contributed by atoms with E-state index in [0.29, 0.717) is 29.5 Å². The van der Waals surface area contributed by atoms with Crippen LogP contribution in [-0.4, -0.2) is 15.9 Å².